The van der Waals surface area contributed by atoms with E-state index in [1.807, 2.05) is 4.68 Å². The van der Waals surface area contributed by atoms with Crippen molar-refractivity contribution in [3.8, 4) is 0 Å². The van der Waals surface area contributed by atoms with Crippen molar-refractivity contribution in [3.63, 3.8) is 0 Å². The summed E-state index contributed by atoms with van der Waals surface area (Å²) in [5.41, 5.74) is 0. The van der Waals surface area contributed by atoms with Gasteiger partial charge < -0.3 is 10.1 Å². The van der Waals surface area contributed by atoms with Gasteiger partial charge in [-0.05, 0) is 12.8 Å². The molecule has 0 amide bonds. The van der Waals surface area contributed by atoms with Crippen LogP contribution < -0.4 is 5.32 Å². The van der Waals surface area contributed by atoms with Crippen LogP contribution in [0, 0.1) is 0 Å². The van der Waals surface area contributed by atoms with E-state index in [9.17, 15) is 0 Å². The molecule has 0 saturated carbocycles. The second-order valence-corrected chi connectivity index (χ2v) is 3.55. The van der Waals surface area contributed by atoms with Gasteiger partial charge in [0.1, 0.15) is 5.82 Å². The zero-order chi connectivity index (χ0) is 9.80. The van der Waals surface area contributed by atoms with E-state index in [2.05, 4.69) is 22.6 Å². The lowest BCUT2D eigenvalue weighted by Gasteiger charge is -2.12. The highest BCUT2D eigenvalue weighted by Gasteiger charge is 2.16. The van der Waals surface area contributed by atoms with Crippen LogP contribution in [0.15, 0.2) is 6.20 Å². The normalized spacial score (nSPS) is 21.4. The number of hydrogen-bond acceptors (Lipinski definition) is 4. The minimum Gasteiger partial charge on any atom is -0.379 e. The van der Waals surface area contributed by atoms with Crippen LogP contribution in [0.2, 0.25) is 0 Å². The molecule has 1 aliphatic heterocycles. The maximum absolute atomic E-state index is 5.29. The first-order chi connectivity index (χ1) is 6.90. The van der Waals surface area contributed by atoms with Gasteiger partial charge in [-0.25, -0.2) is 4.68 Å². The highest BCUT2D eigenvalue weighted by Crippen LogP contribution is 2.12. The smallest absolute Gasteiger partial charge is 0.145 e. The van der Waals surface area contributed by atoms with E-state index in [1.165, 1.54) is 0 Å². The van der Waals surface area contributed by atoms with Crippen LogP contribution in [-0.2, 0) is 11.3 Å². The van der Waals surface area contributed by atoms with Crippen molar-refractivity contribution >= 4 is 5.82 Å². The lowest BCUT2D eigenvalue weighted by atomic mass is 10.3. The van der Waals surface area contributed by atoms with Crippen molar-refractivity contribution < 1.29 is 4.74 Å². The van der Waals surface area contributed by atoms with E-state index >= 15 is 0 Å². The van der Waals surface area contributed by atoms with Crippen molar-refractivity contribution in [1.29, 1.82) is 0 Å². The summed E-state index contributed by atoms with van der Waals surface area (Å²) in [6, 6.07) is 0.420. The molecule has 0 aromatic carbocycles. The molecule has 1 aliphatic rings. The Hall–Kier alpha value is -1.10. The summed E-state index contributed by atoms with van der Waals surface area (Å²) >= 11 is 0. The lowest BCUT2D eigenvalue weighted by Crippen LogP contribution is -2.21. The van der Waals surface area contributed by atoms with Crippen molar-refractivity contribution in [1.82, 2.24) is 15.0 Å². The molecule has 1 aromatic rings. The van der Waals surface area contributed by atoms with Gasteiger partial charge in [0.25, 0.3) is 0 Å². The quantitative estimate of drug-likeness (QED) is 0.777. The van der Waals surface area contributed by atoms with E-state index in [0.717, 1.165) is 38.4 Å². The Bertz CT molecular complexity index is 280. The average molecular weight is 196 g/mol. The predicted octanol–water partition coefficient (Wildman–Crippen LogP) is 0.889. The highest BCUT2D eigenvalue weighted by molar-refractivity contribution is 5.32. The molecule has 0 aliphatic carbocycles. The molecule has 1 atom stereocenters. The third kappa shape index (κ3) is 2.04. The lowest BCUT2D eigenvalue weighted by molar-refractivity contribution is 0.195. The number of nitrogens with zero attached hydrogens (tertiary/aromatic N) is 3. The number of nitrogens with one attached hydrogen (secondary N) is 1. The van der Waals surface area contributed by atoms with Gasteiger partial charge in [-0.15, -0.1) is 5.10 Å². The summed E-state index contributed by atoms with van der Waals surface area (Å²) in [7, 11) is 0. The average Bonchev–Trinajstić information content (AvgIpc) is 2.80. The fourth-order valence-corrected chi connectivity index (χ4v) is 1.60. The number of aryl methyl sites for hydroxylation is 1. The monoisotopic (exact) mass is 196 g/mol. The van der Waals surface area contributed by atoms with E-state index in [4.69, 9.17) is 4.74 Å². The second-order valence-electron chi connectivity index (χ2n) is 3.55. The van der Waals surface area contributed by atoms with Crippen molar-refractivity contribution in [2.24, 2.45) is 0 Å². The fraction of sp³-hybridized carbons (Fsp3) is 0.778. The predicted molar refractivity (Wildman–Crippen MR) is 53.2 cm³/mol. The van der Waals surface area contributed by atoms with E-state index in [1.54, 1.807) is 6.20 Å². The topological polar surface area (TPSA) is 52.0 Å². The molecule has 0 spiro atoms. The molecule has 1 N–H and O–H groups in total. The molecule has 1 saturated heterocycles. The van der Waals surface area contributed by atoms with Gasteiger partial charge in [-0.1, -0.05) is 12.1 Å². The summed E-state index contributed by atoms with van der Waals surface area (Å²) in [4.78, 5) is 0. The van der Waals surface area contributed by atoms with Crippen LogP contribution in [0.1, 0.15) is 19.8 Å². The molecule has 5 heteroatoms. The molecular weight excluding hydrogens is 180 g/mol. The van der Waals surface area contributed by atoms with E-state index in [-0.39, 0.29) is 0 Å². The minimum absolute atomic E-state index is 0.420. The van der Waals surface area contributed by atoms with Crippen LogP contribution in [0.3, 0.4) is 0 Å². The Labute approximate surface area is 83.4 Å². The maximum atomic E-state index is 5.29. The molecule has 0 radical (unpaired) electrons. The third-order valence-corrected chi connectivity index (χ3v) is 2.33. The highest BCUT2D eigenvalue weighted by atomic mass is 16.5. The summed E-state index contributed by atoms with van der Waals surface area (Å²) in [5.74, 6) is 1.00. The van der Waals surface area contributed by atoms with Gasteiger partial charge in [-0.3, -0.25) is 0 Å². The Balaban J connectivity index is 1.96. The first-order valence-corrected chi connectivity index (χ1v) is 5.13. The largest absolute Gasteiger partial charge is 0.379 e. The molecule has 2 rings (SSSR count). The minimum atomic E-state index is 0.420. The first kappa shape index (κ1) is 9.45. The number of hydrogen-bond donors (Lipinski definition) is 1. The first-order valence-electron chi connectivity index (χ1n) is 5.13. The van der Waals surface area contributed by atoms with Crippen LogP contribution in [-0.4, -0.2) is 34.2 Å². The summed E-state index contributed by atoms with van der Waals surface area (Å²) < 4.78 is 7.19. The molecule has 1 unspecified atom stereocenters. The molecular formula is C9H16N4O. The Kier molecular flexibility index (Phi) is 2.98. The van der Waals surface area contributed by atoms with Crippen LogP contribution in [0.5, 0.6) is 0 Å². The Morgan fingerprint density at radius 2 is 2.64 bits per heavy atom. The van der Waals surface area contributed by atoms with Crippen LogP contribution >= 0.6 is 0 Å². The van der Waals surface area contributed by atoms with E-state index in [0.29, 0.717) is 6.04 Å². The van der Waals surface area contributed by atoms with Crippen molar-refractivity contribution in [3.05, 3.63) is 6.20 Å². The molecule has 2 heterocycles. The number of anilines is 1. The van der Waals surface area contributed by atoms with Crippen molar-refractivity contribution in [2.75, 3.05) is 18.5 Å². The summed E-state index contributed by atoms with van der Waals surface area (Å²) in [6.45, 7) is 4.68. The zero-order valence-corrected chi connectivity index (χ0v) is 8.44. The fourth-order valence-electron chi connectivity index (χ4n) is 1.60. The van der Waals surface area contributed by atoms with Crippen molar-refractivity contribution in [2.45, 2.75) is 32.4 Å². The Morgan fingerprint density at radius 1 is 1.71 bits per heavy atom. The van der Waals surface area contributed by atoms with Gasteiger partial charge in [0.2, 0.25) is 0 Å². The Morgan fingerprint density at radius 3 is 3.36 bits per heavy atom. The van der Waals surface area contributed by atoms with Gasteiger partial charge in [-0.2, -0.15) is 0 Å². The number of ether oxygens (including phenoxy) is 1. The molecule has 5 nitrogen and oxygen atoms in total. The standard InChI is InChI=1S/C9H16N4O/c1-2-4-13-9(6-10-12-13)11-8-3-5-14-7-8/h6,8,11H,2-5,7H2,1H3. The van der Waals surface area contributed by atoms with Crippen LogP contribution in [0.25, 0.3) is 0 Å². The second kappa shape index (κ2) is 4.41. The van der Waals surface area contributed by atoms with Gasteiger partial charge >= 0.3 is 0 Å². The maximum Gasteiger partial charge on any atom is 0.145 e. The third-order valence-electron chi connectivity index (χ3n) is 2.33. The molecule has 14 heavy (non-hydrogen) atoms. The summed E-state index contributed by atoms with van der Waals surface area (Å²) in [5, 5.41) is 11.3. The molecule has 78 valence electrons. The van der Waals surface area contributed by atoms with E-state index < -0.39 is 0 Å². The number of rotatable bonds is 4. The summed E-state index contributed by atoms with van der Waals surface area (Å²) in [6.07, 6.45) is 3.91. The van der Waals surface area contributed by atoms with Gasteiger partial charge in [0.15, 0.2) is 0 Å². The zero-order valence-electron chi connectivity index (χ0n) is 8.44. The SMILES string of the molecule is CCCn1nncc1NC1CCOC1. The molecule has 1 aromatic heterocycles. The number of aromatic nitrogens is 3. The molecule has 1 fully saturated rings. The van der Waals surface area contributed by atoms with Gasteiger partial charge in [0.05, 0.1) is 18.8 Å². The molecule has 0 bridgehead atoms. The van der Waals surface area contributed by atoms with Gasteiger partial charge in [0, 0.05) is 13.2 Å². The van der Waals surface area contributed by atoms with Crippen LogP contribution in [0.4, 0.5) is 5.82 Å².